The second-order valence-electron chi connectivity index (χ2n) is 3.26. The summed E-state index contributed by atoms with van der Waals surface area (Å²) in [7, 11) is 0. The van der Waals surface area contributed by atoms with Gasteiger partial charge in [0.05, 0.1) is 17.1 Å². The molecule has 15 heavy (non-hydrogen) atoms. The topological polar surface area (TPSA) is 38.3 Å². The second-order valence-corrected chi connectivity index (χ2v) is 4.12. The predicted octanol–water partition coefficient (Wildman–Crippen LogP) is 2.76. The molecule has 2 rings (SSSR count). The molecule has 1 heterocycles. The summed E-state index contributed by atoms with van der Waals surface area (Å²) in [6.45, 7) is 0.322. The van der Waals surface area contributed by atoms with Crippen LogP contribution in [0.3, 0.4) is 0 Å². The van der Waals surface area contributed by atoms with Crippen LogP contribution in [-0.4, -0.2) is 12.7 Å². The highest BCUT2D eigenvalue weighted by atomic mass is 79.9. The largest absolute Gasteiger partial charge is 0.449 e. The quantitative estimate of drug-likeness (QED) is 0.855. The number of amides is 1. The number of carbonyl (C=O) groups is 1. The maximum atomic E-state index is 13.7. The Labute approximate surface area is 94.7 Å². The van der Waals surface area contributed by atoms with Crippen molar-refractivity contribution in [3.63, 3.8) is 0 Å². The van der Waals surface area contributed by atoms with Crippen molar-refractivity contribution in [3.8, 4) is 0 Å². The zero-order valence-corrected chi connectivity index (χ0v) is 9.38. The van der Waals surface area contributed by atoms with E-state index in [-0.39, 0.29) is 11.9 Å². The van der Waals surface area contributed by atoms with E-state index in [0.717, 1.165) is 0 Å². The summed E-state index contributed by atoms with van der Waals surface area (Å²) in [6.07, 6.45) is 0.0877. The number of nitrogens with one attached hydrogen (secondary N) is 1. The Bertz CT molecular complexity index is 397. The number of carbonyl (C=O) groups excluding carboxylic acids is 1. The van der Waals surface area contributed by atoms with Gasteiger partial charge in [0.2, 0.25) is 0 Å². The van der Waals surface area contributed by atoms with E-state index in [2.05, 4.69) is 21.2 Å². The van der Waals surface area contributed by atoms with Gasteiger partial charge in [-0.3, -0.25) is 0 Å². The van der Waals surface area contributed by atoms with Crippen molar-refractivity contribution in [1.82, 2.24) is 5.32 Å². The molecule has 0 aromatic heterocycles. The van der Waals surface area contributed by atoms with Gasteiger partial charge in [0.15, 0.2) is 0 Å². The monoisotopic (exact) mass is 273 g/mol. The lowest BCUT2D eigenvalue weighted by Crippen LogP contribution is -2.35. The minimum atomic E-state index is -0.495. The maximum absolute atomic E-state index is 13.7. The average molecular weight is 274 g/mol. The van der Waals surface area contributed by atoms with Gasteiger partial charge >= 0.3 is 6.09 Å². The first kappa shape index (κ1) is 10.4. The number of benzene rings is 1. The van der Waals surface area contributed by atoms with Crippen LogP contribution < -0.4 is 5.32 Å². The lowest BCUT2D eigenvalue weighted by Gasteiger charge is -2.24. The number of ether oxygens (including phenoxy) is 1. The molecule has 80 valence electrons. The first-order valence-electron chi connectivity index (χ1n) is 4.55. The first-order valence-corrected chi connectivity index (χ1v) is 5.35. The maximum Gasteiger partial charge on any atom is 0.407 e. The number of hydrogen-bond donors (Lipinski definition) is 1. The molecule has 1 N–H and O–H groups in total. The van der Waals surface area contributed by atoms with Gasteiger partial charge in [-0.15, -0.1) is 0 Å². The Morgan fingerprint density at radius 2 is 2.33 bits per heavy atom. The fraction of sp³-hybridized carbons (Fsp3) is 0.300. The van der Waals surface area contributed by atoms with Crippen LogP contribution in [0.15, 0.2) is 22.7 Å². The summed E-state index contributed by atoms with van der Waals surface area (Å²) in [5.74, 6) is -0.329. The molecule has 0 unspecified atom stereocenters. The smallest absolute Gasteiger partial charge is 0.407 e. The van der Waals surface area contributed by atoms with Crippen LogP contribution in [0.5, 0.6) is 0 Å². The van der Waals surface area contributed by atoms with Crippen LogP contribution in [-0.2, 0) is 4.74 Å². The standard InChI is InChI=1S/C10H9BrFNO2/c11-7-3-1-2-6(9(7)12)8-4-5-15-10(14)13-8/h1-3,8H,4-5H2,(H,13,14)/t8-/m0/s1. The molecule has 1 aliphatic heterocycles. The van der Waals surface area contributed by atoms with E-state index >= 15 is 0 Å². The first-order chi connectivity index (χ1) is 7.18. The highest BCUT2D eigenvalue weighted by Crippen LogP contribution is 2.27. The second kappa shape index (κ2) is 4.18. The fourth-order valence-corrected chi connectivity index (χ4v) is 1.93. The molecule has 0 bridgehead atoms. The minimum Gasteiger partial charge on any atom is -0.449 e. The van der Waals surface area contributed by atoms with E-state index < -0.39 is 6.09 Å². The SMILES string of the molecule is O=C1N[C@H](c2cccc(Br)c2F)CCO1. The van der Waals surface area contributed by atoms with Gasteiger partial charge in [0.25, 0.3) is 0 Å². The predicted molar refractivity (Wildman–Crippen MR) is 55.9 cm³/mol. The van der Waals surface area contributed by atoms with E-state index in [9.17, 15) is 9.18 Å². The van der Waals surface area contributed by atoms with Gasteiger partial charge in [-0.25, -0.2) is 9.18 Å². The van der Waals surface area contributed by atoms with Crippen molar-refractivity contribution in [2.75, 3.05) is 6.61 Å². The average Bonchev–Trinajstić information content (AvgIpc) is 2.22. The Morgan fingerprint density at radius 1 is 1.53 bits per heavy atom. The van der Waals surface area contributed by atoms with Gasteiger partial charge in [0.1, 0.15) is 5.82 Å². The van der Waals surface area contributed by atoms with Gasteiger partial charge in [-0.05, 0) is 22.0 Å². The van der Waals surface area contributed by atoms with E-state index in [4.69, 9.17) is 4.74 Å². The third-order valence-electron chi connectivity index (χ3n) is 2.29. The summed E-state index contributed by atoms with van der Waals surface area (Å²) in [5, 5.41) is 2.58. The van der Waals surface area contributed by atoms with Crippen LogP contribution in [0.2, 0.25) is 0 Å². The molecular weight excluding hydrogens is 265 g/mol. The Morgan fingerprint density at radius 3 is 3.07 bits per heavy atom. The van der Waals surface area contributed by atoms with E-state index in [1.807, 2.05) is 0 Å². The van der Waals surface area contributed by atoms with Gasteiger partial charge in [0, 0.05) is 12.0 Å². The molecule has 0 saturated carbocycles. The lowest BCUT2D eigenvalue weighted by atomic mass is 10.0. The molecule has 0 spiro atoms. The summed E-state index contributed by atoms with van der Waals surface area (Å²) >= 11 is 3.11. The highest BCUT2D eigenvalue weighted by Gasteiger charge is 2.23. The van der Waals surface area contributed by atoms with Crippen LogP contribution in [0.1, 0.15) is 18.0 Å². The van der Waals surface area contributed by atoms with Crippen LogP contribution in [0.25, 0.3) is 0 Å². The number of hydrogen-bond acceptors (Lipinski definition) is 2. The summed E-state index contributed by atoms with van der Waals surface area (Å²) < 4.78 is 18.8. The fourth-order valence-electron chi connectivity index (χ4n) is 1.55. The van der Waals surface area contributed by atoms with Crippen molar-refractivity contribution < 1.29 is 13.9 Å². The molecule has 1 saturated heterocycles. The third kappa shape index (κ3) is 2.12. The molecule has 0 radical (unpaired) electrons. The molecule has 1 aliphatic rings. The molecule has 1 fully saturated rings. The molecule has 1 aromatic carbocycles. The zero-order chi connectivity index (χ0) is 10.8. The molecule has 5 heteroatoms. The van der Waals surface area contributed by atoms with E-state index in [1.54, 1.807) is 18.2 Å². The molecule has 1 amide bonds. The number of cyclic esters (lactones) is 1. The van der Waals surface area contributed by atoms with Crippen LogP contribution in [0.4, 0.5) is 9.18 Å². The third-order valence-corrected chi connectivity index (χ3v) is 2.90. The summed E-state index contributed by atoms with van der Waals surface area (Å²) in [5.41, 5.74) is 0.487. The van der Waals surface area contributed by atoms with Crippen molar-refractivity contribution in [2.24, 2.45) is 0 Å². The number of halogens is 2. The number of alkyl carbamates (subject to hydrolysis) is 1. The van der Waals surface area contributed by atoms with Gasteiger partial charge < -0.3 is 10.1 Å². The van der Waals surface area contributed by atoms with E-state index in [1.165, 1.54) is 0 Å². The number of rotatable bonds is 1. The van der Waals surface area contributed by atoms with Gasteiger partial charge in [-0.2, -0.15) is 0 Å². The van der Waals surface area contributed by atoms with Crippen LogP contribution >= 0.6 is 15.9 Å². The Kier molecular flexibility index (Phi) is 2.90. The Hall–Kier alpha value is -1.10. The normalized spacial score (nSPS) is 20.7. The zero-order valence-electron chi connectivity index (χ0n) is 7.80. The van der Waals surface area contributed by atoms with E-state index in [0.29, 0.717) is 23.1 Å². The molecule has 1 atom stereocenters. The molecule has 3 nitrogen and oxygen atoms in total. The highest BCUT2D eigenvalue weighted by molar-refractivity contribution is 9.10. The lowest BCUT2D eigenvalue weighted by molar-refractivity contribution is 0.115. The Balaban J connectivity index is 2.28. The van der Waals surface area contributed by atoms with Crippen molar-refractivity contribution in [2.45, 2.75) is 12.5 Å². The van der Waals surface area contributed by atoms with Crippen molar-refractivity contribution in [1.29, 1.82) is 0 Å². The van der Waals surface area contributed by atoms with Crippen molar-refractivity contribution in [3.05, 3.63) is 34.1 Å². The molecule has 0 aliphatic carbocycles. The van der Waals surface area contributed by atoms with Crippen LogP contribution in [0, 0.1) is 5.82 Å². The molecule has 1 aromatic rings. The summed E-state index contributed by atoms with van der Waals surface area (Å²) in [4.78, 5) is 11.0. The van der Waals surface area contributed by atoms with Gasteiger partial charge in [-0.1, -0.05) is 12.1 Å². The minimum absolute atomic E-state index is 0.302. The molecular formula is C10H9BrFNO2. The summed E-state index contributed by atoms with van der Waals surface area (Å²) in [6, 6.07) is 4.73. The van der Waals surface area contributed by atoms with Crippen molar-refractivity contribution >= 4 is 22.0 Å².